The second-order valence-corrected chi connectivity index (χ2v) is 5.59. The van der Waals surface area contributed by atoms with E-state index in [0.29, 0.717) is 18.5 Å². The monoisotopic (exact) mass is 296 g/mol. The largest absolute Gasteiger partial charge is 0.411 e. The summed E-state index contributed by atoms with van der Waals surface area (Å²) < 4.78 is 40.2. The van der Waals surface area contributed by atoms with Crippen LogP contribution in [0.4, 0.5) is 13.2 Å². The van der Waals surface area contributed by atoms with Gasteiger partial charge in [-0.1, -0.05) is 6.92 Å². The van der Waals surface area contributed by atoms with E-state index < -0.39 is 12.8 Å². The predicted octanol–water partition coefficient (Wildman–Crippen LogP) is 2.67. The molecule has 0 spiro atoms. The number of hydrogen-bond donors (Lipinski definition) is 1. The van der Waals surface area contributed by atoms with E-state index in [1.54, 1.807) is 0 Å². The first-order valence-electron chi connectivity index (χ1n) is 7.52. The fourth-order valence-electron chi connectivity index (χ4n) is 2.71. The minimum Gasteiger partial charge on any atom is -0.371 e. The average Bonchev–Trinajstić information content (AvgIpc) is 2.38. The summed E-state index contributed by atoms with van der Waals surface area (Å²) in [7, 11) is 0. The maximum absolute atomic E-state index is 11.9. The predicted molar refractivity (Wildman–Crippen MR) is 73.8 cm³/mol. The molecule has 0 saturated carbocycles. The highest BCUT2D eigenvalue weighted by atomic mass is 19.4. The van der Waals surface area contributed by atoms with Gasteiger partial charge in [-0.15, -0.1) is 0 Å². The lowest BCUT2D eigenvalue weighted by molar-refractivity contribution is -0.173. The van der Waals surface area contributed by atoms with E-state index in [-0.39, 0.29) is 6.61 Å². The molecule has 1 saturated heterocycles. The standard InChI is InChI=1S/C14H27F3N2O/c1-3-7-19-8-4-13(5-9-19)12(2)18-6-10-20-11-14(15,16)17/h12-13,18H,3-11H2,1-2H3. The summed E-state index contributed by atoms with van der Waals surface area (Å²) in [6.07, 6.45) is -0.706. The zero-order valence-corrected chi connectivity index (χ0v) is 12.5. The Balaban J connectivity index is 2.07. The minimum absolute atomic E-state index is 0.110. The smallest absolute Gasteiger partial charge is 0.371 e. The zero-order valence-electron chi connectivity index (χ0n) is 12.5. The van der Waals surface area contributed by atoms with E-state index in [2.05, 4.69) is 28.8 Å². The molecule has 1 aliphatic heterocycles. The van der Waals surface area contributed by atoms with Gasteiger partial charge in [-0.05, 0) is 51.7 Å². The molecule has 1 rings (SSSR count). The van der Waals surface area contributed by atoms with E-state index in [1.165, 1.54) is 13.0 Å². The van der Waals surface area contributed by atoms with Gasteiger partial charge in [-0.2, -0.15) is 13.2 Å². The van der Waals surface area contributed by atoms with Crippen LogP contribution in [-0.4, -0.2) is 56.5 Å². The number of halogens is 3. The van der Waals surface area contributed by atoms with E-state index in [4.69, 9.17) is 0 Å². The second kappa shape index (κ2) is 8.85. The van der Waals surface area contributed by atoms with Crippen LogP contribution in [0.5, 0.6) is 0 Å². The number of nitrogens with zero attached hydrogens (tertiary/aromatic N) is 1. The number of ether oxygens (including phenoxy) is 1. The van der Waals surface area contributed by atoms with Gasteiger partial charge in [0.2, 0.25) is 0 Å². The molecule has 1 atom stereocenters. The van der Waals surface area contributed by atoms with Crippen LogP contribution in [0.2, 0.25) is 0 Å². The third kappa shape index (κ3) is 7.45. The molecular weight excluding hydrogens is 269 g/mol. The average molecular weight is 296 g/mol. The third-order valence-corrected chi connectivity index (χ3v) is 3.86. The lowest BCUT2D eigenvalue weighted by Crippen LogP contribution is -2.43. The highest BCUT2D eigenvalue weighted by Crippen LogP contribution is 2.20. The first-order chi connectivity index (χ1) is 9.42. The van der Waals surface area contributed by atoms with Crippen molar-refractivity contribution in [2.75, 3.05) is 39.4 Å². The Morgan fingerprint density at radius 2 is 1.95 bits per heavy atom. The van der Waals surface area contributed by atoms with Gasteiger partial charge in [0, 0.05) is 12.6 Å². The van der Waals surface area contributed by atoms with Crippen molar-refractivity contribution in [2.45, 2.75) is 45.3 Å². The number of likely N-dealkylation sites (tertiary alicyclic amines) is 1. The number of hydrogen-bond acceptors (Lipinski definition) is 3. The summed E-state index contributed by atoms with van der Waals surface area (Å²) >= 11 is 0. The molecule has 0 aliphatic carbocycles. The van der Waals surface area contributed by atoms with Crippen molar-refractivity contribution in [3.8, 4) is 0 Å². The van der Waals surface area contributed by atoms with Crippen molar-refractivity contribution in [3.05, 3.63) is 0 Å². The molecule has 0 aromatic rings. The Bertz CT molecular complexity index is 253. The van der Waals surface area contributed by atoms with Crippen LogP contribution in [0.1, 0.15) is 33.1 Å². The summed E-state index contributed by atoms with van der Waals surface area (Å²) in [6.45, 7) is 7.18. The molecule has 1 fully saturated rings. The highest BCUT2D eigenvalue weighted by molar-refractivity contribution is 4.79. The van der Waals surface area contributed by atoms with Crippen LogP contribution in [0.25, 0.3) is 0 Å². The van der Waals surface area contributed by atoms with Crippen molar-refractivity contribution >= 4 is 0 Å². The van der Waals surface area contributed by atoms with Crippen LogP contribution >= 0.6 is 0 Å². The fraction of sp³-hybridized carbons (Fsp3) is 1.00. The van der Waals surface area contributed by atoms with Crippen molar-refractivity contribution < 1.29 is 17.9 Å². The maximum atomic E-state index is 11.9. The summed E-state index contributed by atoms with van der Waals surface area (Å²) in [5, 5.41) is 3.27. The fourth-order valence-corrected chi connectivity index (χ4v) is 2.71. The van der Waals surface area contributed by atoms with Crippen LogP contribution in [0, 0.1) is 5.92 Å². The normalized spacial score (nSPS) is 20.2. The van der Waals surface area contributed by atoms with Crippen molar-refractivity contribution in [2.24, 2.45) is 5.92 Å². The molecule has 1 aliphatic rings. The van der Waals surface area contributed by atoms with Gasteiger partial charge >= 0.3 is 6.18 Å². The SMILES string of the molecule is CCCN1CCC(C(C)NCCOCC(F)(F)F)CC1. The minimum atomic E-state index is -4.22. The summed E-state index contributed by atoms with van der Waals surface area (Å²) in [6, 6.07) is 0.341. The number of rotatable bonds is 8. The quantitative estimate of drug-likeness (QED) is 0.697. The maximum Gasteiger partial charge on any atom is 0.411 e. The van der Waals surface area contributed by atoms with Gasteiger partial charge in [0.05, 0.1) is 6.61 Å². The van der Waals surface area contributed by atoms with Gasteiger partial charge in [0.15, 0.2) is 0 Å². The van der Waals surface area contributed by atoms with Crippen LogP contribution < -0.4 is 5.32 Å². The second-order valence-electron chi connectivity index (χ2n) is 5.59. The molecule has 1 unspecified atom stereocenters. The molecule has 3 nitrogen and oxygen atoms in total. The van der Waals surface area contributed by atoms with Gasteiger partial charge in [0.25, 0.3) is 0 Å². The number of alkyl halides is 3. The number of piperidine rings is 1. The first-order valence-corrected chi connectivity index (χ1v) is 7.52. The molecule has 0 aromatic heterocycles. The molecule has 0 bridgehead atoms. The van der Waals surface area contributed by atoms with Gasteiger partial charge in [-0.3, -0.25) is 0 Å². The zero-order chi connectivity index (χ0) is 15.0. The van der Waals surface area contributed by atoms with Gasteiger partial charge < -0.3 is 15.0 Å². The highest BCUT2D eigenvalue weighted by Gasteiger charge is 2.27. The number of nitrogens with one attached hydrogen (secondary N) is 1. The molecule has 20 heavy (non-hydrogen) atoms. The first kappa shape index (κ1) is 17.7. The lowest BCUT2D eigenvalue weighted by atomic mass is 9.90. The molecule has 0 radical (unpaired) electrons. The molecule has 1 heterocycles. The molecule has 6 heteroatoms. The third-order valence-electron chi connectivity index (χ3n) is 3.86. The molecule has 0 amide bonds. The van der Waals surface area contributed by atoms with E-state index in [9.17, 15) is 13.2 Å². The Morgan fingerprint density at radius 1 is 1.30 bits per heavy atom. The van der Waals surface area contributed by atoms with Crippen LogP contribution in [-0.2, 0) is 4.74 Å². The Hall–Kier alpha value is -0.330. The van der Waals surface area contributed by atoms with E-state index >= 15 is 0 Å². The van der Waals surface area contributed by atoms with E-state index in [1.807, 2.05) is 0 Å². The Morgan fingerprint density at radius 3 is 2.50 bits per heavy atom. The van der Waals surface area contributed by atoms with Gasteiger partial charge in [0.1, 0.15) is 6.61 Å². The van der Waals surface area contributed by atoms with Crippen molar-refractivity contribution in [1.29, 1.82) is 0 Å². The van der Waals surface area contributed by atoms with E-state index in [0.717, 1.165) is 25.9 Å². The summed E-state index contributed by atoms with van der Waals surface area (Å²) in [5.41, 5.74) is 0. The van der Waals surface area contributed by atoms with Crippen LogP contribution in [0.3, 0.4) is 0 Å². The summed E-state index contributed by atoms with van der Waals surface area (Å²) in [4.78, 5) is 2.48. The Kier molecular flexibility index (Phi) is 7.84. The Labute approximate surface area is 119 Å². The molecule has 1 N–H and O–H groups in total. The van der Waals surface area contributed by atoms with Crippen molar-refractivity contribution in [1.82, 2.24) is 10.2 Å². The molecular formula is C14H27F3N2O. The lowest BCUT2D eigenvalue weighted by Gasteiger charge is -2.35. The topological polar surface area (TPSA) is 24.5 Å². The van der Waals surface area contributed by atoms with Gasteiger partial charge in [-0.25, -0.2) is 0 Å². The summed E-state index contributed by atoms with van der Waals surface area (Å²) in [5.74, 6) is 0.616. The molecule has 0 aromatic carbocycles. The van der Waals surface area contributed by atoms with Crippen molar-refractivity contribution in [3.63, 3.8) is 0 Å². The molecule has 120 valence electrons. The van der Waals surface area contributed by atoms with Crippen LogP contribution in [0.15, 0.2) is 0 Å².